The third-order valence-corrected chi connectivity index (χ3v) is 7.33. The highest BCUT2D eigenvalue weighted by Crippen LogP contribution is 2.41. The van der Waals surface area contributed by atoms with Crippen LogP contribution in [0.2, 0.25) is 0 Å². The average Bonchev–Trinajstić information content (AvgIpc) is 3.23. The second kappa shape index (κ2) is 12.5. The summed E-state index contributed by atoms with van der Waals surface area (Å²) in [4.78, 5) is 30.5. The Morgan fingerprint density at radius 1 is 0.949 bits per heavy atom. The highest BCUT2D eigenvalue weighted by molar-refractivity contribution is 6.46. The molecule has 2 aromatic rings. The molecule has 5 rings (SSSR count). The van der Waals surface area contributed by atoms with Crippen molar-refractivity contribution in [3.8, 4) is 17.2 Å². The van der Waals surface area contributed by atoms with Crippen LogP contribution in [0.4, 0.5) is 0 Å². The van der Waals surface area contributed by atoms with Gasteiger partial charge in [-0.1, -0.05) is 31.9 Å². The molecule has 3 aliphatic heterocycles. The minimum absolute atomic E-state index is 0.0651. The van der Waals surface area contributed by atoms with Crippen LogP contribution < -0.4 is 14.2 Å². The zero-order valence-corrected chi connectivity index (χ0v) is 22.4. The smallest absolute Gasteiger partial charge is 0.295 e. The molecule has 9 heteroatoms. The van der Waals surface area contributed by atoms with E-state index in [1.807, 2.05) is 24.3 Å². The normalized spacial score (nSPS) is 20.8. The molecule has 2 fully saturated rings. The molecule has 1 amide bonds. The number of hydrogen-bond acceptors (Lipinski definition) is 8. The van der Waals surface area contributed by atoms with E-state index in [0.717, 1.165) is 43.7 Å². The number of ether oxygens (including phenoxy) is 4. The van der Waals surface area contributed by atoms with Crippen molar-refractivity contribution in [1.29, 1.82) is 0 Å². The summed E-state index contributed by atoms with van der Waals surface area (Å²) in [6.45, 7) is 7.42. The molecule has 208 valence electrons. The molecule has 0 bridgehead atoms. The predicted molar refractivity (Wildman–Crippen MR) is 145 cm³/mol. The number of Topliss-reactive ketones (excluding diaryl/α,β-unsaturated/α-hetero) is 1. The summed E-state index contributed by atoms with van der Waals surface area (Å²) in [6.07, 6.45) is 3.21. The van der Waals surface area contributed by atoms with Crippen LogP contribution in [0.15, 0.2) is 48.0 Å². The third-order valence-electron chi connectivity index (χ3n) is 7.33. The number of aliphatic hydroxyl groups excluding tert-OH is 1. The summed E-state index contributed by atoms with van der Waals surface area (Å²) in [7, 11) is 0. The van der Waals surface area contributed by atoms with E-state index in [1.165, 1.54) is 0 Å². The van der Waals surface area contributed by atoms with Crippen LogP contribution in [0.1, 0.15) is 43.4 Å². The van der Waals surface area contributed by atoms with Gasteiger partial charge in [-0.05, 0) is 42.3 Å². The fourth-order valence-corrected chi connectivity index (χ4v) is 5.17. The number of nitrogens with zero attached hydrogens (tertiary/aromatic N) is 2. The summed E-state index contributed by atoms with van der Waals surface area (Å²) >= 11 is 0. The second-order valence-electron chi connectivity index (χ2n) is 9.93. The molecule has 9 nitrogen and oxygen atoms in total. The summed E-state index contributed by atoms with van der Waals surface area (Å²) in [6, 6.07) is 11.7. The first kappa shape index (κ1) is 27.0. The van der Waals surface area contributed by atoms with Crippen molar-refractivity contribution in [2.75, 3.05) is 59.2 Å². The van der Waals surface area contributed by atoms with Crippen LogP contribution in [-0.2, 0) is 14.3 Å². The highest BCUT2D eigenvalue weighted by atomic mass is 16.6. The van der Waals surface area contributed by atoms with Crippen LogP contribution in [-0.4, -0.2) is 85.8 Å². The van der Waals surface area contributed by atoms with Gasteiger partial charge in [-0.15, -0.1) is 0 Å². The Kier molecular flexibility index (Phi) is 8.68. The number of fused-ring (bicyclic) bond motifs is 1. The van der Waals surface area contributed by atoms with Gasteiger partial charge >= 0.3 is 0 Å². The molecule has 2 aromatic carbocycles. The van der Waals surface area contributed by atoms with E-state index in [9.17, 15) is 14.7 Å². The first-order chi connectivity index (χ1) is 19.1. The van der Waals surface area contributed by atoms with Gasteiger partial charge in [0.05, 0.1) is 31.4 Å². The van der Waals surface area contributed by atoms with Crippen molar-refractivity contribution in [1.82, 2.24) is 9.80 Å². The SMILES string of the molecule is CCCCCOc1ccc(C2C(=C(O)c3ccc4c(c3)OCCO4)C(=O)C(=O)N2CCN2CCOCC2)cc1. The first-order valence-corrected chi connectivity index (χ1v) is 13.8. The van der Waals surface area contributed by atoms with Crippen molar-refractivity contribution in [3.05, 3.63) is 59.2 Å². The van der Waals surface area contributed by atoms with Crippen molar-refractivity contribution in [2.45, 2.75) is 32.2 Å². The fraction of sp³-hybridized carbons (Fsp3) is 0.467. The van der Waals surface area contributed by atoms with Crippen LogP contribution in [0.5, 0.6) is 17.2 Å². The number of unbranched alkanes of at least 4 members (excludes halogenated alkanes) is 2. The molecule has 0 radical (unpaired) electrons. The van der Waals surface area contributed by atoms with Gasteiger partial charge in [0.15, 0.2) is 11.5 Å². The average molecular weight is 537 g/mol. The molecule has 0 saturated carbocycles. The number of carbonyl (C=O) groups excluding carboxylic acids is 2. The molecular weight excluding hydrogens is 500 g/mol. The van der Waals surface area contributed by atoms with Gasteiger partial charge in [-0.25, -0.2) is 0 Å². The molecule has 0 aromatic heterocycles. The molecule has 0 spiro atoms. The maximum atomic E-state index is 13.4. The monoisotopic (exact) mass is 536 g/mol. The largest absolute Gasteiger partial charge is 0.507 e. The minimum Gasteiger partial charge on any atom is -0.507 e. The molecule has 1 atom stereocenters. The number of likely N-dealkylation sites (tertiary alicyclic amines) is 1. The number of ketones is 1. The molecule has 39 heavy (non-hydrogen) atoms. The lowest BCUT2D eigenvalue weighted by molar-refractivity contribution is -0.140. The van der Waals surface area contributed by atoms with Crippen LogP contribution in [0.3, 0.4) is 0 Å². The molecular formula is C30H36N2O7. The molecule has 3 heterocycles. The summed E-state index contributed by atoms with van der Waals surface area (Å²) in [5, 5.41) is 11.4. The third kappa shape index (κ3) is 6.04. The number of carbonyl (C=O) groups is 2. The zero-order valence-electron chi connectivity index (χ0n) is 22.4. The van der Waals surface area contributed by atoms with E-state index in [4.69, 9.17) is 18.9 Å². The van der Waals surface area contributed by atoms with E-state index >= 15 is 0 Å². The van der Waals surface area contributed by atoms with Crippen LogP contribution in [0, 0.1) is 0 Å². The molecule has 3 aliphatic rings. The maximum Gasteiger partial charge on any atom is 0.295 e. The Morgan fingerprint density at radius 3 is 2.44 bits per heavy atom. The first-order valence-electron chi connectivity index (χ1n) is 13.8. The Labute approximate surface area is 228 Å². The summed E-state index contributed by atoms with van der Waals surface area (Å²) in [5.41, 5.74) is 1.19. The summed E-state index contributed by atoms with van der Waals surface area (Å²) < 4.78 is 22.6. The molecule has 1 N–H and O–H groups in total. The van der Waals surface area contributed by atoms with Crippen molar-refractivity contribution in [2.24, 2.45) is 0 Å². The lowest BCUT2D eigenvalue weighted by Gasteiger charge is -2.31. The predicted octanol–water partition coefficient (Wildman–Crippen LogP) is 3.78. The number of rotatable bonds is 10. The fourth-order valence-electron chi connectivity index (χ4n) is 5.17. The van der Waals surface area contributed by atoms with Crippen LogP contribution in [0.25, 0.3) is 5.76 Å². The van der Waals surface area contributed by atoms with Gasteiger partial charge < -0.3 is 29.0 Å². The zero-order chi connectivity index (χ0) is 27.2. The second-order valence-corrected chi connectivity index (χ2v) is 9.93. The van der Waals surface area contributed by atoms with Crippen LogP contribution >= 0.6 is 0 Å². The van der Waals surface area contributed by atoms with Gasteiger partial charge in [-0.3, -0.25) is 14.5 Å². The topological polar surface area (TPSA) is 97.8 Å². The lowest BCUT2D eigenvalue weighted by Crippen LogP contribution is -2.42. The molecule has 1 unspecified atom stereocenters. The minimum atomic E-state index is -0.728. The summed E-state index contributed by atoms with van der Waals surface area (Å²) in [5.74, 6) is 0.250. The van der Waals surface area contributed by atoms with E-state index in [-0.39, 0.29) is 11.3 Å². The van der Waals surface area contributed by atoms with Crippen molar-refractivity contribution in [3.63, 3.8) is 0 Å². The van der Waals surface area contributed by atoms with Gasteiger partial charge in [0.1, 0.15) is 24.7 Å². The Bertz CT molecular complexity index is 1200. The standard InChI is InChI=1S/C30H36N2O7/c1-2-3-4-15-37-23-8-5-21(6-9-23)27-26(28(33)22-7-10-24-25(20-22)39-19-18-38-24)29(34)30(35)32(27)12-11-31-13-16-36-17-14-31/h5-10,20,27,33H,2-4,11-19H2,1H3. The Hall–Kier alpha value is -3.56. The highest BCUT2D eigenvalue weighted by Gasteiger charge is 2.46. The Morgan fingerprint density at radius 2 is 1.69 bits per heavy atom. The number of amides is 1. The lowest BCUT2D eigenvalue weighted by atomic mass is 9.95. The van der Waals surface area contributed by atoms with Gasteiger partial charge in [0.2, 0.25) is 0 Å². The molecule has 2 saturated heterocycles. The van der Waals surface area contributed by atoms with Crippen molar-refractivity contribution >= 4 is 17.4 Å². The van der Waals surface area contributed by atoms with E-state index in [1.54, 1.807) is 23.1 Å². The van der Waals surface area contributed by atoms with E-state index in [0.29, 0.717) is 63.2 Å². The number of hydrogen-bond donors (Lipinski definition) is 1. The van der Waals surface area contributed by atoms with E-state index in [2.05, 4.69) is 11.8 Å². The number of morpholine rings is 1. The van der Waals surface area contributed by atoms with Gasteiger partial charge in [-0.2, -0.15) is 0 Å². The number of aliphatic hydroxyl groups is 1. The molecule has 0 aliphatic carbocycles. The van der Waals surface area contributed by atoms with E-state index < -0.39 is 17.7 Å². The quantitative estimate of drug-likeness (QED) is 0.212. The van der Waals surface area contributed by atoms with Gasteiger partial charge in [0, 0.05) is 31.7 Å². The number of benzene rings is 2. The van der Waals surface area contributed by atoms with Crippen molar-refractivity contribution < 1.29 is 33.6 Å². The van der Waals surface area contributed by atoms with Gasteiger partial charge in [0.25, 0.3) is 11.7 Å². The maximum absolute atomic E-state index is 13.4. The Balaban J connectivity index is 1.46.